The number of aromatic nitrogens is 1. The summed E-state index contributed by atoms with van der Waals surface area (Å²) in [5.41, 5.74) is 3.29. The number of urea groups is 1. The third-order valence-electron chi connectivity index (χ3n) is 4.41. The van der Waals surface area contributed by atoms with Crippen LogP contribution in [0.5, 0.6) is 11.5 Å². The van der Waals surface area contributed by atoms with Gasteiger partial charge in [0, 0.05) is 30.2 Å². The second-order valence-electron chi connectivity index (χ2n) is 6.20. The van der Waals surface area contributed by atoms with Crippen LogP contribution in [-0.2, 0) is 13.0 Å². The Bertz CT molecular complexity index is 920. The summed E-state index contributed by atoms with van der Waals surface area (Å²) in [5.74, 6) is 1.48. The van der Waals surface area contributed by atoms with Gasteiger partial charge in [-0.05, 0) is 35.7 Å². The molecular weight excluding hydrogens is 330 g/mol. The molecule has 26 heavy (non-hydrogen) atoms. The number of benzene rings is 2. The summed E-state index contributed by atoms with van der Waals surface area (Å²) < 4.78 is 11.1. The van der Waals surface area contributed by atoms with Gasteiger partial charge in [-0.15, -0.1) is 0 Å². The topological polar surface area (TPSA) is 75.4 Å². The molecule has 0 fully saturated rings. The van der Waals surface area contributed by atoms with E-state index in [0.29, 0.717) is 26.3 Å². The van der Waals surface area contributed by atoms with Gasteiger partial charge < -0.3 is 25.1 Å². The largest absolute Gasteiger partial charge is 0.486 e. The highest BCUT2D eigenvalue weighted by Gasteiger charge is 2.12. The SMILES string of the molecule is O=C(NCCc1c[nH]c2ccccc12)NCc1ccc2c(c1)OCCO2. The van der Waals surface area contributed by atoms with E-state index < -0.39 is 0 Å². The Kier molecular flexibility index (Phi) is 4.64. The highest BCUT2D eigenvalue weighted by molar-refractivity contribution is 5.83. The fourth-order valence-electron chi connectivity index (χ4n) is 3.09. The fourth-order valence-corrected chi connectivity index (χ4v) is 3.09. The number of fused-ring (bicyclic) bond motifs is 2. The number of hydrogen-bond donors (Lipinski definition) is 3. The first kappa shape index (κ1) is 16.3. The molecule has 2 heterocycles. The minimum Gasteiger partial charge on any atom is -0.486 e. The quantitative estimate of drug-likeness (QED) is 0.661. The fraction of sp³-hybridized carbons (Fsp3) is 0.250. The summed E-state index contributed by atoms with van der Waals surface area (Å²) in [6.07, 6.45) is 2.78. The summed E-state index contributed by atoms with van der Waals surface area (Å²) in [4.78, 5) is 15.3. The lowest BCUT2D eigenvalue weighted by Crippen LogP contribution is -2.36. The van der Waals surface area contributed by atoms with Crippen LogP contribution in [0.4, 0.5) is 4.79 Å². The van der Waals surface area contributed by atoms with Crippen LogP contribution in [0.25, 0.3) is 10.9 Å². The Morgan fingerprint density at radius 1 is 1.04 bits per heavy atom. The van der Waals surface area contributed by atoms with Crippen LogP contribution < -0.4 is 20.1 Å². The number of carbonyl (C=O) groups is 1. The zero-order chi connectivity index (χ0) is 17.8. The van der Waals surface area contributed by atoms with Gasteiger partial charge in [-0.1, -0.05) is 24.3 Å². The predicted octanol–water partition coefficient (Wildman–Crippen LogP) is 2.98. The molecule has 0 aliphatic carbocycles. The second kappa shape index (κ2) is 7.39. The Labute approximate surface area is 151 Å². The van der Waals surface area contributed by atoms with Gasteiger partial charge >= 0.3 is 6.03 Å². The zero-order valence-corrected chi connectivity index (χ0v) is 14.4. The maximum Gasteiger partial charge on any atom is 0.315 e. The van der Waals surface area contributed by atoms with Crippen molar-refractivity contribution in [1.29, 1.82) is 0 Å². The molecule has 134 valence electrons. The third-order valence-corrected chi connectivity index (χ3v) is 4.41. The van der Waals surface area contributed by atoms with Gasteiger partial charge in [0.15, 0.2) is 11.5 Å². The summed E-state index contributed by atoms with van der Waals surface area (Å²) in [5, 5.41) is 6.97. The van der Waals surface area contributed by atoms with Crippen molar-refractivity contribution in [3.05, 3.63) is 59.8 Å². The van der Waals surface area contributed by atoms with E-state index in [1.807, 2.05) is 42.6 Å². The molecule has 1 aliphatic heterocycles. The molecule has 1 aromatic heterocycles. The molecule has 2 amide bonds. The molecule has 0 saturated heterocycles. The van der Waals surface area contributed by atoms with Gasteiger partial charge in [0.1, 0.15) is 13.2 Å². The number of amides is 2. The van der Waals surface area contributed by atoms with E-state index in [1.165, 1.54) is 10.9 Å². The summed E-state index contributed by atoms with van der Waals surface area (Å²) in [6, 6.07) is 13.7. The summed E-state index contributed by atoms with van der Waals surface area (Å²) in [7, 11) is 0. The van der Waals surface area contributed by atoms with Crippen LogP contribution in [-0.4, -0.2) is 30.8 Å². The molecule has 6 heteroatoms. The second-order valence-corrected chi connectivity index (χ2v) is 6.20. The van der Waals surface area contributed by atoms with Crippen molar-refractivity contribution in [2.75, 3.05) is 19.8 Å². The molecule has 3 aromatic rings. The molecule has 2 aromatic carbocycles. The van der Waals surface area contributed by atoms with Crippen LogP contribution in [0.2, 0.25) is 0 Å². The molecule has 0 radical (unpaired) electrons. The van der Waals surface area contributed by atoms with Crippen molar-refractivity contribution in [2.24, 2.45) is 0 Å². The van der Waals surface area contributed by atoms with E-state index in [9.17, 15) is 4.79 Å². The van der Waals surface area contributed by atoms with Crippen LogP contribution in [0.15, 0.2) is 48.7 Å². The maximum absolute atomic E-state index is 12.0. The number of ether oxygens (including phenoxy) is 2. The first-order valence-corrected chi connectivity index (χ1v) is 8.75. The minimum atomic E-state index is -0.181. The molecular formula is C20H21N3O3. The van der Waals surface area contributed by atoms with E-state index in [2.05, 4.69) is 21.7 Å². The van der Waals surface area contributed by atoms with Gasteiger partial charge in [0.2, 0.25) is 0 Å². The molecule has 6 nitrogen and oxygen atoms in total. The van der Waals surface area contributed by atoms with Crippen molar-refractivity contribution in [3.8, 4) is 11.5 Å². The molecule has 0 atom stereocenters. The minimum absolute atomic E-state index is 0.181. The Hall–Kier alpha value is -3.15. The average Bonchev–Trinajstić information content (AvgIpc) is 3.09. The lowest BCUT2D eigenvalue weighted by Gasteiger charge is -2.19. The monoisotopic (exact) mass is 351 g/mol. The summed E-state index contributed by atoms with van der Waals surface area (Å²) in [6.45, 7) is 2.14. The van der Waals surface area contributed by atoms with Crippen molar-refractivity contribution in [1.82, 2.24) is 15.6 Å². The number of nitrogens with one attached hydrogen (secondary N) is 3. The average molecular weight is 351 g/mol. The number of rotatable bonds is 5. The van der Waals surface area contributed by atoms with Gasteiger partial charge in [0.25, 0.3) is 0 Å². The Balaban J connectivity index is 1.25. The first-order valence-electron chi connectivity index (χ1n) is 8.75. The highest BCUT2D eigenvalue weighted by Crippen LogP contribution is 2.30. The van der Waals surface area contributed by atoms with Crippen molar-refractivity contribution in [3.63, 3.8) is 0 Å². The lowest BCUT2D eigenvalue weighted by molar-refractivity contribution is 0.171. The van der Waals surface area contributed by atoms with E-state index in [4.69, 9.17) is 9.47 Å². The predicted molar refractivity (Wildman–Crippen MR) is 99.7 cm³/mol. The van der Waals surface area contributed by atoms with E-state index in [0.717, 1.165) is 29.0 Å². The molecule has 0 saturated carbocycles. The number of H-pyrrole nitrogens is 1. The molecule has 3 N–H and O–H groups in total. The Morgan fingerprint density at radius 2 is 1.88 bits per heavy atom. The number of hydrogen-bond acceptors (Lipinski definition) is 3. The maximum atomic E-state index is 12.0. The van der Waals surface area contributed by atoms with Crippen molar-refractivity contribution in [2.45, 2.75) is 13.0 Å². The number of para-hydroxylation sites is 1. The van der Waals surface area contributed by atoms with Crippen LogP contribution in [0.3, 0.4) is 0 Å². The van der Waals surface area contributed by atoms with Gasteiger partial charge in [-0.2, -0.15) is 0 Å². The summed E-state index contributed by atoms with van der Waals surface area (Å²) >= 11 is 0. The Morgan fingerprint density at radius 3 is 2.81 bits per heavy atom. The lowest BCUT2D eigenvalue weighted by atomic mass is 10.1. The molecule has 4 rings (SSSR count). The van der Waals surface area contributed by atoms with Crippen LogP contribution in [0, 0.1) is 0 Å². The number of aromatic amines is 1. The van der Waals surface area contributed by atoms with E-state index in [1.54, 1.807) is 0 Å². The zero-order valence-electron chi connectivity index (χ0n) is 14.4. The normalized spacial score (nSPS) is 12.8. The van der Waals surface area contributed by atoms with Crippen molar-refractivity contribution >= 4 is 16.9 Å². The van der Waals surface area contributed by atoms with Gasteiger partial charge in [0.05, 0.1) is 0 Å². The smallest absolute Gasteiger partial charge is 0.315 e. The molecule has 0 spiro atoms. The van der Waals surface area contributed by atoms with Crippen molar-refractivity contribution < 1.29 is 14.3 Å². The number of carbonyl (C=O) groups excluding carboxylic acids is 1. The molecule has 1 aliphatic rings. The van der Waals surface area contributed by atoms with Crippen LogP contribution in [0.1, 0.15) is 11.1 Å². The van der Waals surface area contributed by atoms with Gasteiger partial charge in [-0.25, -0.2) is 4.79 Å². The first-order chi connectivity index (χ1) is 12.8. The molecule has 0 bridgehead atoms. The highest BCUT2D eigenvalue weighted by atomic mass is 16.6. The van der Waals surface area contributed by atoms with E-state index >= 15 is 0 Å². The van der Waals surface area contributed by atoms with Crippen LogP contribution >= 0.6 is 0 Å². The van der Waals surface area contributed by atoms with E-state index in [-0.39, 0.29) is 6.03 Å². The molecule has 0 unspecified atom stereocenters. The van der Waals surface area contributed by atoms with Gasteiger partial charge in [-0.3, -0.25) is 0 Å². The third kappa shape index (κ3) is 3.59. The standard InChI is InChI=1S/C20H21N3O3/c24-20(21-8-7-15-13-22-17-4-2-1-3-16(15)17)23-12-14-5-6-18-19(11-14)26-10-9-25-18/h1-6,11,13,22H,7-10,12H2,(H2,21,23,24).